The maximum absolute atomic E-state index is 9.01. The zero-order valence-corrected chi connectivity index (χ0v) is 13.3. The van der Waals surface area contributed by atoms with Crippen molar-refractivity contribution in [2.75, 3.05) is 51.4 Å². The molecule has 0 aromatic carbocycles. The van der Waals surface area contributed by atoms with Crippen LogP contribution < -0.4 is 5.32 Å². The molecule has 0 radical (unpaired) electrons. The molecule has 22 heavy (non-hydrogen) atoms. The molecule has 0 unspecified atom stereocenters. The Balaban J connectivity index is 1.76. The predicted octanol–water partition coefficient (Wildman–Crippen LogP) is 1.43. The number of pyridine rings is 1. The second kappa shape index (κ2) is 6.39. The Morgan fingerprint density at radius 3 is 2.73 bits per heavy atom. The minimum atomic E-state index is -0.177. The number of morpholine rings is 2. The molecule has 0 amide bonds. The molecule has 7 heteroatoms. The minimum absolute atomic E-state index is 0.177. The van der Waals surface area contributed by atoms with Gasteiger partial charge in [0.05, 0.1) is 48.2 Å². The summed E-state index contributed by atoms with van der Waals surface area (Å²) in [6, 6.07) is 3.74. The van der Waals surface area contributed by atoms with E-state index in [2.05, 4.69) is 21.3 Å². The number of nitriles is 1. The fourth-order valence-electron chi connectivity index (χ4n) is 2.96. The Kier molecular flexibility index (Phi) is 4.50. The first kappa shape index (κ1) is 15.5. The Morgan fingerprint density at radius 2 is 2.09 bits per heavy atom. The molecule has 0 saturated carbocycles. The number of fused-ring (bicyclic) bond motifs is 1. The van der Waals surface area contributed by atoms with Gasteiger partial charge in [0.25, 0.3) is 0 Å². The van der Waals surface area contributed by atoms with E-state index in [0.717, 1.165) is 26.3 Å². The summed E-state index contributed by atoms with van der Waals surface area (Å²) in [6.45, 7) is 7.06. The number of rotatable bonds is 3. The van der Waals surface area contributed by atoms with E-state index in [1.807, 2.05) is 0 Å². The quantitative estimate of drug-likeness (QED) is 0.907. The third kappa shape index (κ3) is 2.90. The van der Waals surface area contributed by atoms with Gasteiger partial charge in [-0.05, 0) is 13.0 Å². The fourth-order valence-corrected chi connectivity index (χ4v) is 3.18. The number of hydrogen-bond acceptors (Lipinski definition) is 6. The number of nitrogens with one attached hydrogen (secondary N) is 1. The van der Waals surface area contributed by atoms with Crippen molar-refractivity contribution >= 4 is 17.4 Å². The van der Waals surface area contributed by atoms with Crippen LogP contribution in [0.2, 0.25) is 5.02 Å². The molecule has 2 saturated heterocycles. The van der Waals surface area contributed by atoms with Crippen LogP contribution in [0.3, 0.4) is 0 Å². The molecule has 0 atom stereocenters. The van der Waals surface area contributed by atoms with E-state index in [-0.39, 0.29) is 5.54 Å². The van der Waals surface area contributed by atoms with Crippen molar-refractivity contribution in [1.82, 2.24) is 9.88 Å². The summed E-state index contributed by atoms with van der Waals surface area (Å²) in [7, 11) is 0. The first-order chi connectivity index (χ1) is 10.6. The highest BCUT2D eigenvalue weighted by Gasteiger charge is 2.42. The normalized spacial score (nSPS) is 21.0. The monoisotopic (exact) mass is 322 g/mol. The second-order valence-electron chi connectivity index (χ2n) is 5.73. The van der Waals surface area contributed by atoms with Gasteiger partial charge in [-0.25, -0.2) is 4.98 Å². The largest absolute Gasteiger partial charge is 0.378 e. The summed E-state index contributed by atoms with van der Waals surface area (Å²) < 4.78 is 11.3. The third-order valence-corrected chi connectivity index (χ3v) is 4.58. The van der Waals surface area contributed by atoms with Gasteiger partial charge in [0, 0.05) is 19.6 Å². The molecule has 3 rings (SSSR count). The van der Waals surface area contributed by atoms with E-state index >= 15 is 0 Å². The van der Waals surface area contributed by atoms with E-state index < -0.39 is 0 Å². The van der Waals surface area contributed by atoms with E-state index in [1.54, 1.807) is 13.0 Å². The number of nitrogens with zero attached hydrogens (tertiary/aromatic N) is 3. The number of hydrogen-bond donors (Lipinski definition) is 1. The number of halogens is 1. The number of aryl methyl sites for hydroxylation is 1. The van der Waals surface area contributed by atoms with Crippen molar-refractivity contribution in [3.63, 3.8) is 0 Å². The van der Waals surface area contributed by atoms with Crippen LogP contribution in [0.1, 0.15) is 11.3 Å². The molecule has 0 spiro atoms. The van der Waals surface area contributed by atoms with Crippen LogP contribution >= 0.6 is 11.6 Å². The lowest BCUT2D eigenvalue weighted by molar-refractivity contribution is -0.135. The zero-order chi connectivity index (χ0) is 15.6. The van der Waals surface area contributed by atoms with Crippen LogP contribution in [-0.2, 0) is 9.47 Å². The lowest BCUT2D eigenvalue weighted by Crippen LogP contribution is -2.66. The highest BCUT2D eigenvalue weighted by molar-refractivity contribution is 6.33. The van der Waals surface area contributed by atoms with Gasteiger partial charge in [0.15, 0.2) is 0 Å². The van der Waals surface area contributed by atoms with Crippen LogP contribution in [0, 0.1) is 18.3 Å². The lowest BCUT2D eigenvalue weighted by Gasteiger charge is -2.49. The summed E-state index contributed by atoms with van der Waals surface area (Å²) in [5, 5.41) is 12.8. The minimum Gasteiger partial charge on any atom is -0.378 e. The molecule has 1 N–H and O–H groups in total. The smallest absolute Gasteiger partial charge is 0.145 e. The topological polar surface area (TPSA) is 70.4 Å². The first-order valence-corrected chi connectivity index (χ1v) is 7.74. The standard InChI is InChI=1S/C15H19ClN4O2/c1-11-12(7-17)6-13(16)14(19-11)18-8-15-9-21-4-2-20(15)3-5-22-10-15/h6H,2-5,8-10H2,1H3,(H,18,19). The predicted molar refractivity (Wildman–Crippen MR) is 83.1 cm³/mol. The summed E-state index contributed by atoms with van der Waals surface area (Å²) >= 11 is 6.22. The second-order valence-corrected chi connectivity index (χ2v) is 6.14. The SMILES string of the molecule is Cc1nc(NCC23COCCN2CCOC3)c(Cl)cc1C#N. The number of ether oxygens (including phenoxy) is 2. The molecule has 2 aliphatic rings. The van der Waals surface area contributed by atoms with Gasteiger partial charge >= 0.3 is 0 Å². The molecular weight excluding hydrogens is 304 g/mol. The average molecular weight is 323 g/mol. The van der Waals surface area contributed by atoms with Crippen LogP contribution in [0.15, 0.2) is 6.07 Å². The van der Waals surface area contributed by atoms with Gasteiger partial charge in [0.2, 0.25) is 0 Å². The summed E-state index contributed by atoms with van der Waals surface area (Å²) in [5.74, 6) is 0.601. The molecule has 1 aromatic rings. The summed E-state index contributed by atoms with van der Waals surface area (Å²) in [4.78, 5) is 6.81. The third-order valence-electron chi connectivity index (χ3n) is 4.30. The van der Waals surface area contributed by atoms with Crippen molar-refractivity contribution in [1.29, 1.82) is 5.26 Å². The maximum Gasteiger partial charge on any atom is 0.145 e. The summed E-state index contributed by atoms with van der Waals surface area (Å²) in [5.41, 5.74) is 0.990. The van der Waals surface area contributed by atoms with Crippen molar-refractivity contribution in [3.05, 3.63) is 22.3 Å². The fraction of sp³-hybridized carbons (Fsp3) is 0.600. The molecule has 6 nitrogen and oxygen atoms in total. The highest BCUT2D eigenvalue weighted by atomic mass is 35.5. The van der Waals surface area contributed by atoms with E-state index in [1.165, 1.54) is 0 Å². The van der Waals surface area contributed by atoms with Crippen molar-refractivity contribution < 1.29 is 9.47 Å². The van der Waals surface area contributed by atoms with Crippen LogP contribution in [0.5, 0.6) is 0 Å². The average Bonchev–Trinajstić information content (AvgIpc) is 2.55. The molecule has 118 valence electrons. The molecule has 3 heterocycles. The molecule has 2 aliphatic heterocycles. The molecular formula is C15H19ClN4O2. The molecule has 2 fully saturated rings. The van der Waals surface area contributed by atoms with Gasteiger partial charge < -0.3 is 14.8 Å². The molecule has 1 aromatic heterocycles. The van der Waals surface area contributed by atoms with E-state index in [4.69, 9.17) is 26.3 Å². The van der Waals surface area contributed by atoms with Gasteiger partial charge in [-0.2, -0.15) is 5.26 Å². The van der Waals surface area contributed by atoms with Crippen molar-refractivity contribution in [2.24, 2.45) is 0 Å². The Labute approximate surface area is 135 Å². The van der Waals surface area contributed by atoms with Crippen LogP contribution in [0.25, 0.3) is 0 Å². The van der Waals surface area contributed by atoms with E-state index in [0.29, 0.717) is 41.9 Å². The molecule has 0 bridgehead atoms. The van der Waals surface area contributed by atoms with Gasteiger partial charge in [-0.3, -0.25) is 4.90 Å². The number of anilines is 1. The Bertz CT molecular complexity index is 590. The van der Waals surface area contributed by atoms with Crippen molar-refractivity contribution in [2.45, 2.75) is 12.5 Å². The zero-order valence-electron chi connectivity index (χ0n) is 12.6. The first-order valence-electron chi connectivity index (χ1n) is 7.36. The highest BCUT2D eigenvalue weighted by Crippen LogP contribution is 2.27. The van der Waals surface area contributed by atoms with Gasteiger partial charge in [-0.1, -0.05) is 11.6 Å². The Morgan fingerprint density at radius 1 is 1.41 bits per heavy atom. The van der Waals surface area contributed by atoms with Crippen molar-refractivity contribution in [3.8, 4) is 6.07 Å². The maximum atomic E-state index is 9.01. The Hall–Kier alpha value is -1.39. The van der Waals surface area contributed by atoms with Gasteiger partial charge in [-0.15, -0.1) is 0 Å². The van der Waals surface area contributed by atoms with E-state index in [9.17, 15) is 0 Å². The van der Waals surface area contributed by atoms with Crippen LogP contribution in [0.4, 0.5) is 5.82 Å². The lowest BCUT2D eigenvalue weighted by atomic mass is 9.96. The van der Waals surface area contributed by atoms with Gasteiger partial charge in [0.1, 0.15) is 11.9 Å². The van der Waals surface area contributed by atoms with Crippen LogP contribution in [-0.4, -0.2) is 61.5 Å². The molecule has 0 aliphatic carbocycles. The number of aromatic nitrogens is 1. The summed E-state index contributed by atoms with van der Waals surface area (Å²) in [6.07, 6.45) is 0.